The van der Waals surface area contributed by atoms with Gasteiger partial charge in [-0.3, -0.25) is 11.3 Å². The van der Waals surface area contributed by atoms with Crippen LogP contribution in [0.25, 0.3) is 0 Å². The minimum absolute atomic E-state index is 0.179. The van der Waals surface area contributed by atoms with Crippen molar-refractivity contribution in [1.82, 2.24) is 25.6 Å². The molecule has 0 radical (unpaired) electrons. The van der Waals surface area contributed by atoms with Crippen molar-refractivity contribution in [3.8, 4) is 0 Å². The molecule has 1 aromatic carbocycles. The first-order valence-electron chi connectivity index (χ1n) is 5.24. The maximum absolute atomic E-state index is 13.1. The molecule has 2 aromatic rings. The van der Waals surface area contributed by atoms with Crippen LogP contribution in [0, 0.1) is 9.39 Å². The largest absolute Gasteiger partial charge is 0.271 e. The summed E-state index contributed by atoms with van der Waals surface area (Å²) in [6, 6.07) is 4.40. The molecule has 8 heteroatoms. The van der Waals surface area contributed by atoms with Gasteiger partial charge in [-0.05, 0) is 45.5 Å². The Kier molecular flexibility index (Phi) is 4.19. The van der Waals surface area contributed by atoms with Gasteiger partial charge in [0.2, 0.25) is 0 Å². The number of halogens is 2. The summed E-state index contributed by atoms with van der Waals surface area (Å²) in [5.74, 6) is 5.85. The van der Waals surface area contributed by atoms with Crippen LogP contribution >= 0.6 is 22.6 Å². The van der Waals surface area contributed by atoms with Crippen LogP contribution < -0.4 is 11.3 Å². The highest BCUT2D eigenvalue weighted by Crippen LogP contribution is 2.22. The van der Waals surface area contributed by atoms with Gasteiger partial charge in [-0.2, -0.15) is 4.80 Å². The number of nitrogens with one attached hydrogen (secondary N) is 1. The maximum Gasteiger partial charge on any atom is 0.176 e. The molecule has 1 heterocycles. The molecule has 0 saturated carbocycles. The van der Waals surface area contributed by atoms with Gasteiger partial charge in [-0.25, -0.2) is 4.39 Å². The number of tetrazole rings is 1. The molecule has 0 aliphatic carbocycles. The summed E-state index contributed by atoms with van der Waals surface area (Å²) in [6.07, 6.45) is 0.492. The standard InChI is InChI=1S/C10H12FIN6/c1-18-16-10(15-17-18)5-9(14-13)7-3-2-6(11)4-8(7)12/h2-4,9,14H,5,13H2,1H3. The third kappa shape index (κ3) is 3.00. The number of nitrogens with zero attached hydrogens (tertiary/aromatic N) is 4. The monoisotopic (exact) mass is 362 g/mol. The van der Waals surface area contributed by atoms with E-state index in [0.29, 0.717) is 12.2 Å². The fourth-order valence-electron chi connectivity index (χ4n) is 1.63. The second kappa shape index (κ2) is 5.67. The van der Waals surface area contributed by atoms with Crippen LogP contribution in [0.2, 0.25) is 0 Å². The highest BCUT2D eigenvalue weighted by molar-refractivity contribution is 14.1. The molecule has 0 spiro atoms. The number of rotatable bonds is 4. The zero-order valence-electron chi connectivity index (χ0n) is 9.64. The Morgan fingerprint density at radius 1 is 1.56 bits per heavy atom. The summed E-state index contributed by atoms with van der Waals surface area (Å²) in [5, 5.41) is 11.8. The lowest BCUT2D eigenvalue weighted by Crippen LogP contribution is -2.30. The molecule has 0 amide bonds. The molecule has 1 unspecified atom stereocenters. The summed E-state index contributed by atoms with van der Waals surface area (Å²) in [5.41, 5.74) is 3.60. The van der Waals surface area contributed by atoms with E-state index in [2.05, 4.69) is 43.4 Å². The number of aromatic nitrogens is 4. The van der Waals surface area contributed by atoms with Crippen molar-refractivity contribution in [3.63, 3.8) is 0 Å². The maximum atomic E-state index is 13.1. The smallest absolute Gasteiger partial charge is 0.176 e. The van der Waals surface area contributed by atoms with Crippen LogP contribution in [0.5, 0.6) is 0 Å². The molecule has 1 aromatic heterocycles. The van der Waals surface area contributed by atoms with Crippen LogP contribution in [0.15, 0.2) is 18.2 Å². The van der Waals surface area contributed by atoms with Crippen molar-refractivity contribution < 1.29 is 4.39 Å². The highest BCUT2D eigenvalue weighted by Gasteiger charge is 2.16. The van der Waals surface area contributed by atoms with Gasteiger partial charge in [0.15, 0.2) is 5.82 Å². The Balaban J connectivity index is 2.22. The molecule has 1 atom stereocenters. The summed E-state index contributed by atoms with van der Waals surface area (Å²) in [6.45, 7) is 0. The van der Waals surface area contributed by atoms with Crippen molar-refractivity contribution in [2.45, 2.75) is 12.5 Å². The van der Waals surface area contributed by atoms with Gasteiger partial charge < -0.3 is 0 Å². The molecule has 3 N–H and O–H groups in total. The molecule has 2 rings (SSSR count). The first kappa shape index (κ1) is 13.3. The lowest BCUT2D eigenvalue weighted by molar-refractivity contribution is 0.532. The van der Waals surface area contributed by atoms with Crippen LogP contribution in [-0.2, 0) is 13.5 Å². The van der Waals surface area contributed by atoms with Gasteiger partial charge in [0.1, 0.15) is 5.82 Å². The number of hydrogen-bond acceptors (Lipinski definition) is 5. The van der Waals surface area contributed by atoms with Gasteiger partial charge in [0.25, 0.3) is 0 Å². The topological polar surface area (TPSA) is 81.7 Å². The molecule has 0 bridgehead atoms. The predicted octanol–water partition coefficient (Wildman–Crippen LogP) is 0.701. The van der Waals surface area contributed by atoms with Crippen molar-refractivity contribution in [1.29, 1.82) is 0 Å². The zero-order valence-corrected chi connectivity index (χ0v) is 11.8. The second-order valence-corrected chi connectivity index (χ2v) is 4.95. The first-order chi connectivity index (χ1) is 8.60. The number of hydrogen-bond donors (Lipinski definition) is 2. The second-order valence-electron chi connectivity index (χ2n) is 3.78. The lowest BCUT2D eigenvalue weighted by atomic mass is 10.0. The van der Waals surface area contributed by atoms with E-state index in [1.807, 2.05) is 0 Å². The van der Waals surface area contributed by atoms with E-state index in [1.54, 1.807) is 13.1 Å². The van der Waals surface area contributed by atoms with E-state index >= 15 is 0 Å². The molecule has 0 fully saturated rings. The van der Waals surface area contributed by atoms with E-state index in [0.717, 1.165) is 9.13 Å². The molecule has 0 aliphatic heterocycles. The number of nitrogens with two attached hydrogens (primary N) is 1. The normalized spacial score (nSPS) is 12.7. The average Bonchev–Trinajstić information content (AvgIpc) is 2.72. The van der Waals surface area contributed by atoms with E-state index in [1.165, 1.54) is 16.9 Å². The molecular weight excluding hydrogens is 350 g/mol. The molecule has 0 saturated heterocycles. The first-order valence-corrected chi connectivity index (χ1v) is 6.32. The molecule has 0 aliphatic rings. The van der Waals surface area contributed by atoms with Crippen molar-refractivity contribution >= 4 is 22.6 Å². The quantitative estimate of drug-likeness (QED) is 0.476. The van der Waals surface area contributed by atoms with E-state index < -0.39 is 0 Å². The van der Waals surface area contributed by atoms with Crippen LogP contribution in [-0.4, -0.2) is 20.2 Å². The van der Waals surface area contributed by atoms with Crippen molar-refractivity contribution in [2.75, 3.05) is 0 Å². The van der Waals surface area contributed by atoms with E-state index in [-0.39, 0.29) is 11.9 Å². The fourth-order valence-corrected chi connectivity index (χ4v) is 2.48. The Bertz CT molecular complexity index is 543. The molecule has 96 valence electrons. The van der Waals surface area contributed by atoms with Gasteiger partial charge in [0.05, 0.1) is 13.1 Å². The summed E-state index contributed by atoms with van der Waals surface area (Å²) >= 11 is 2.08. The van der Waals surface area contributed by atoms with Crippen molar-refractivity contribution in [3.05, 3.63) is 39.0 Å². The van der Waals surface area contributed by atoms with E-state index in [9.17, 15) is 4.39 Å². The minimum atomic E-state index is -0.267. The molecular formula is C10H12FIN6. The van der Waals surface area contributed by atoms with Crippen LogP contribution in [0.1, 0.15) is 17.4 Å². The molecule has 6 nitrogen and oxygen atoms in total. The number of benzene rings is 1. The Morgan fingerprint density at radius 3 is 2.89 bits per heavy atom. The van der Waals surface area contributed by atoms with Crippen LogP contribution in [0.3, 0.4) is 0 Å². The van der Waals surface area contributed by atoms with Gasteiger partial charge >= 0.3 is 0 Å². The summed E-state index contributed by atoms with van der Waals surface area (Å²) in [4.78, 5) is 1.39. The Hall–Kier alpha value is -1.13. The third-order valence-electron chi connectivity index (χ3n) is 2.48. The van der Waals surface area contributed by atoms with Crippen molar-refractivity contribution in [2.24, 2.45) is 12.9 Å². The van der Waals surface area contributed by atoms with Crippen LogP contribution in [0.4, 0.5) is 4.39 Å². The Labute approximate surface area is 117 Å². The summed E-state index contributed by atoms with van der Waals surface area (Å²) in [7, 11) is 1.70. The lowest BCUT2D eigenvalue weighted by Gasteiger charge is -2.16. The predicted molar refractivity (Wildman–Crippen MR) is 71.7 cm³/mol. The molecule has 18 heavy (non-hydrogen) atoms. The number of hydrazine groups is 1. The number of aryl methyl sites for hydroxylation is 1. The van der Waals surface area contributed by atoms with Gasteiger partial charge in [-0.15, -0.1) is 10.2 Å². The summed E-state index contributed by atoms with van der Waals surface area (Å²) < 4.78 is 13.9. The van der Waals surface area contributed by atoms with E-state index in [4.69, 9.17) is 5.84 Å². The Morgan fingerprint density at radius 2 is 2.33 bits per heavy atom. The highest BCUT2D eigenvalue weighted by atomic mass is 127. The average molecular weight is 362 g/mol. The fraction of sp³-hybridized carbons (Fsp3) is 0.300. The SMILES string of the molecule is Cn1nnc(CC(NN)c2ccc(F)cc2I)n1. The van der Waals surface area contributed by atoms with Gasteiger partial charge in [-0.1, -0.05) is 6.07 Å². The minimum Gasteiger partial charge on any atom is -0.271 e. The zero-order chi connectivity index (χ0) is 13.1. The third-order valence-corrected chi connectivity index (χ3v) is 3.41. The van der Waals surface area contributed by atoms with Gasteiger partial charge in [0, 0.05) is 9.99 Å².